The van der Waals surface area contributed by atoms with Crippen LogP contribution in [0.25, 0.3) is 0 Å². The molecule has 2 amide bonds. The molecule has 8 heteroatoms. The standard InChI is InChI=1S/C18H30N4O4/c1-8-9-21-10-12-22(13-11-21)14(19-15(23)25-17(2,3)4)20-16(24)26-18(5,6)7/h1H,9-13H2,2-7H3,(H,19,20,23,24). The van der Waals surface area contributed by atoms with Gasteiger partial charge in [0.15, 0.2) is 0 Å². The van der Waals surface area contributed by atoms with Gasteiger partial charge >= 0.3 is 12.2 Å². The van der Waals surface area contributed by atoms with Crippen LogP contribution in [0.15, 0.2) is 4.99 Å². The van der Waals surface area contributed by atoms with Crippen LogP contribution in [0.1, 0.15) is 41.5 Å². The Labute approximate surface area is 155 Å². The van der Waals surface area contributed by atoms with Crippen LogP contribution in [0, 0.1) is 12.3 Å². The van der Waals surface area contributed by atoms with Crippen molar-refractivity contribution in [2.24, 2.45) is 4.99 Å². The van der Waals surface area contributed by atoms with Gasteiger partial charge in [-0.2, -0.15) is 0 Å². The summed E-state index contributed by atoms with van der Waals surface area (Å²) in [5, 5.41) is 2.56. The maximum Gasteiger partial charge on any atom is 0.437 e. The third-order valence-electron chi connectivity index (χ3n) is 3.19. The van der Waals surface area contributed by atoms with Crippen molar-refractivity contribution in [2.45, 2.75) is 52.7 Å². The molecule has 0 aromatic heterocycles. The van der Waals surface area contributed by atoms with Crippen molar-refractivity contribution in [2.75, 3.05) is 32.7 Å². The highest BCUT2D eigenvalue weighted by atomic mass is 16.6. The molecule has 0 radical (unpaired) electrons. The first-order chi connectivity index (χ1) is 11.9. The molecule has 1 saturated heterocycles. The number of hydrogen-bond acceptors (Lipinski definition) is 5. The third-order valence-corrected chi connectivity index (χ3v) is 3.19. The number of nitrogens with zero attached hydrogens (tertiary/aromatic N) is 3. The Hall–Kier alpha value is -2.27. The zero-order chi connectivity index (χ0) is 20.0. The number of aliphatic imine (C=N–C) groups is 1. The molecule has 26 heavy (non-hydrogen) atoms. The van der Waals surface area contributed by atoms with Crippen LogP contribution < -0.4 is 5.32 Å². The molecule has 8 nitrogen and oxygen atoms in total. The highest BCUT2D eigenvalue weighted by Crippen LogP contribution is 2.10. The fourth-order valence-electron chi connectivity index (χ4n) is 2.19. The van der Waals surface area contributed by atoms with E-state index in [-0.39, 0.29) is 5.96 Å². The van der Waals surface area contributed by atoms with Crippen molar-refractivity contribution in [3.63, 3.8) is 0 Å². The number of rotatable bonds is 1. The summed E-state index contributed by atoms with van der Waals surface area (Å²) in [6, 6.07) is 0. The number of ether oxygens (including phenoxy) is 2. The van der Waals surface area contributed by atoms with Crippen LogP contribution >= 0.6 is 0 Å². The van der Waals surface area contributed by atoms with Gasteiger partial charge in [-0.3, -0.25) is 10.2 Å². The van der Waals surface area contributed by atoms with E-state index in [1.807, 2.05) is 0 Å². The predicted octanol–water partition coefficient (Wildman–Crippen LogP) is 2.05. The highest BCUT2D eigenvalue weighted by molar-refractivity contribution is 5.99. The molecule has 0 bridgehead atoms. The van der Waals surface area contributed by atoms with Crippen molar-refractivity contribution in [3.8, 4) is 12.3 Å². The van der Waals surface area contributed by atoms with Crippen LogP contribution in [-0.2, 0) is 9.47 Å². The van der Waals surface area contributed by atoms with Crippen molar-refractivity contribution >= 4 is 18.1 Å². The number of amides is 2. The zero-order valence-electron chi connectivity index (χ0n) is 16.6. The molecule has 1 fully saturated rings. The van der Waals surface area contributed by atoms with Crippen LogP contribution in [0.4, 0.5) is 9.59 Å². The van der Waals surface area contributed by atoms with Gasteiger partial charge in [0.1, 0.15) is 11.2 Å². The lowest BCUT2D eigenvalue weighted by Gasteiger charge is -2.35. The number of carbonyl (C=O) groups is 2. The number of alkyl carbamates (subject to hydrolysis) is 1. The van der Waals surface area contributed by atoms with Gasteiger partial charge in [-0.05, 0) is 41.5 Å². The summed E-state index contributed by atoms with van der Waals surface area (Å²) in [5.41, 5.74) is -1.34. The Morgan fingerprint density at radius 3 is 2.04 bits per heavy atom. The normalized spacial score (nSPS) is 16.7. The van der Waals surface area contributed by atoms with Crippen molar-refractivity contribution in [1.82, 2.24) is 15.1 Å². The summed E-state index contributed by atoms with van der Waals surface area (Å²) in [5.74, 6) is 2.73. The van der Waals surface area contributed by atoms with E-state index in [0.29, 0.717) is 32.7 Å². The summed E-state index contributed by atoms with van der Waals surface area (Å²) in [4.78, 5) is 32.0. The number of terminal acetylenes is 1. The average Bonchev–Trinajstić information content (AvgIpc) is 2.43. The molecule has 1 N–H and O–H groups in total. The molecule has 0 aliphatic carbocycles. The first kappa shape index (κ1) is 21.8. The van der Waals surface area contributed by atoms with Gasteiger partial charge in [0, 0.05) is 26.2 Å². The van der Waals surface area contributed by atoms with E-state index in [2.05, 4.69) is 21.1 Å². The minimum Gasteiger partial charge on any atom is -0.444 e. The van der Waals surface area contributed by atoms with E-state index in [0.717, 1.165) is 0 Å². The van der Waals surface area contributed by atoms with Gasteiger partial charge in [-0.15, -0.1) is 11.4 Å². The van der Waals surface area contributed by atoms with Crippen LogP contribution in [-0.4, -0.2) is 71.9 Å². The second-order valence-corrected chi connectivity index (χ2v) is 8.01. The first-order valence-electron chi connectivity index (χ1n) is 8.62. The molecular weight excluding hydrogens is 336 g/mol. The monoisotopic (exact) mass is 366 g/mol. The van der Waals surface area contributed by atoms with Gasteiger partial charge in [-0.1, -0.05) is 5.92 Å². The second kappa shape index (κ2) is 8.90. The number of nitrogens with one attached hydrogen (secondary N) is 1. The molecule has 1 rings (SSSR count). The van der Waals surface area contributed by atoms with Crippen molar-refractivity contribution in [3.05, 3.63) is 0 Å². The second-order valence-electron chi connectivity index (χ2n) is 8.01. The molecule has 0 aromatic carbocycles. The minimum atomic E-state index is -0.769. The van der Waals surface area contributed by atoms with Gasteiger partial charge < -0.3 is 14.4 Å². The maximum absolute atomic E-state index is 12.1. The number of piperazine rings is 1. The van der Waals surface area contributed by atoms with Crippen LogP contribution in [0.5, 0.6) is 0 Å². The fraction of sp³-hybridized carbons (Fsp3) is 0.722. The Morgan fingerprint density at radius 1 is 1.04 bits per heavy atom. The molecule has 0 aromatic rings. The lowest BCUT2D eigenvalue weighted by Crippen LogP contribution is -2.54. The summed E-state index contributed by atoms with van der Waals surface area (Å²) < 4.78 is 10.5. The van der Waals surface area contributed by atoms with E-state index in [9.17, 15) is 9.59 Å². The van der Waals surface area contributed by atoms with Gasteiger partial charge in [0.05, 0.1) is 6.54 Å². The Kier molecular flexibility index (Phi) is 7.45. The lowest BCUT2D eigenvalue weighted by atomic mass is 10.2. The zero-order valence-corrected chi connectivity index (χ0v) is 16.6. The molecule has 0 atom stereocenters. The largest absolute Gasteiger partial charge is 0.444 e. The predicted molar refractivity (Wildman–Crippen MR) is 99.9 cm³/mol. The minimum absolute atomic E-state index is 0.119. The van der Waals surface area contributed by atoms with E-state index >= 15 is 0 Å². The molecular formula is C18H30N4O4. The Bertz CT molecular complexity index is 573. The summed E-state index contributed by atoms with van der Waals surface area (Å²) in [7, 11) is 0. The Morgan fingerprint density at radius 2 is 1.58 bits per heavy atom. The molecule has 146 valence electrons. The highest BCUT2D eigenvalue weighted by Gasteiger charge is 2.25. The Balaban J connectivity index is 2.87. The van der Waals surface area contributed by atoms with Gasteiger partial charge in [0.2, 0.25) is 5.96 Å². The number of hydrogen-bond donors (Lipinski definition) is 1. The molecule has 0 unspecified atom stereocenters. The quantitative estimate of drug-likeness (QED) is 0.434. The molecule has 1 heterocycles. The van der Waals surface area contributed by atoms with Gasteiger partial charge in [-0.25, -0.2) is 9.59 Å². The summed E-state index contributed by atoms with van der Waals surface area (Å²) >= 11 is 0. The molecule has 0 saturated carbocycles. The number of carbonyl (C=O) groups excluding carboxylic acids is 2. The van der Waals surface area contributed by atoms with E-state index < -0.39 is 23.4 Å². The summed E-state index contributed by atoms with van der Waals surface area (Å²) in [6.07, 6.45) is 3.90. The smallest absolute Gasteiger partial charge is 0.437 e. The molecule has 1 aliphatic rings. The summed E-state index contributed by atoms with van der Waals surface area (Å²) in [6.45, 7) is 13.6. The van der Waals surface area contributed by atoms with Crippen molar-refractivity contribution < 1.29 is 19.1 Å². The van der Waals surface area contributed by atoms with E-state index in [1.54, 1.807) is 46.4 Å². The fourth-order valence-corrected chi connectivity index (χ4v) is 2.19. The van der Waals surface area contributed by atoms with Gasteiger partial charge in [0.25, 0.3) is 0 Å². The first-order valence-corrected chi connectivity index (χ1v) is 8.62. The number of guanidine groups is 1. The molecule has 1 aliphatic heterocycles. The van der Waals surface area contributed by atoms with E-state index in [1.165, 1.54) is 0 Å². The van der Waals surface area contributed by atoms with Crippen molar-refractivity contribution in [1.29, 1.82) is 0 Å². The van der Waals surface area contributed by atoms with Crippen LogP contribution in [0.3, 0.4) is 0 Å². The third kappa shape index (κ3) is 8.72. The van der Waals surface area contributed by atoms with E-state index in [4.69, 9.17) is 15.9 Å². The molecule has 0 spiro atoms. The SMILES string of the molecule is C#CCN1CCN(C(=NC(=O)OC(C)(C)C)NC(=O)OC(C)(C)C)CC1. The average molecular weight is 366 g/mol. The lowest BCUT2D eigenvalue weighted by molar-refractivity contribution is 0.0551. The topological polar surface area (TPSA) is 83.5 Å². The maximum atomic E-state index is 12.1. The van der Waals surface area contributed by atoms with Crippen LogP contribution in [0.2, 0.25) is 0 Å².